The first kappa shape index (κ1) is 13.5. The van der Waals surface area contributed by atoms with Crippen LogP contribution in [0.25, 0.3) is 0 Å². The summed E-state index contributed by atoms with van der Waals surface area (Å²) in [5.41, 5.74) is 1.48. The van der Waals surface area contributed by atoms with Gasteiger partial charge in [0, 0.05) is 12.1 Å². The van der Waals surface area contributed by atoms with Crippen LogP contribution in [0.1, 0.15) is 12.5 Å². The average Bonchev–Trinajstić information content (AvgIpc) is 2.37. The van der Waals surface area contributed by atoms with Crippen LogP contribution in [0.15, 0.2) is 24.5 Å². The Morgan fingerprint density at radius 1 is 1.26 bits per heavy atom. The van der Waals surface area contributed by atoms with E-state index in [0.29, 0.717) is 16.5 Å². The number of anilines is 3. The molecule has 0 aliphatic heterocycles. The smallest absolute Gasteiger partial charge is 0.138 e. The quantitative estimate of drug-likeness (QED) is 0.895. The summed E-state index contributed by atoms with van der Waals surface area (Å²) in [4.78, 5) is 8.32. The minimum absolute atomic E-state index is 0.308. The van der Waals surface area contributed by atoms with Gasteiger partial charge in [0.2, 0.25) is 0 Å². The lowest BCUT2D eigenvalue weighted by Gasteiger charge is -2.12. The van der Waals surface area contributed by atoms with Crippen molar-refractivity contribution in [3.8, 4) is 0 Å². The van der Waals surface area contributed by atoms with E-state index in [1.807, 2.05) is 13.8 Å². The van der Waals surface area contributed by atoms with Crippen molar-refractivity contribution in [3.63, 3.8) is 0 Å². The molecule has 0 amide bonds. The van der Waals surface area contributed by atoms with E-state index >= 15 is 0 Å². The molecule has 2 rings (SSSR count). The van der Waals surface area contributed by atoms with Crippen molar-refractivity contribution in [3.05, 3.63) is 40.9 Å². The Morgan fingerprint density at radius 2 is 2.00 bits per heavy atom. The summed E-state index contributed by atoms with van der Waals surface area (Å²) in [7, 11) is 0. The van der Waals surface area contributed by atoms with Gasteiger partial charge in [0.25, 0.3) is 0 Å². The maximum Gasteiger partial charge on any atom is 0.138 e. The fourth-order valence-electron chi connectivity index (χ4n) is 1.64. The van der Waals surface area contributed by atoms with E-state index < -0.39 is 0 Å². The van der Waals surface area contributed by atoms with Gasteiger partial charge in [0.05, 0.1) is 10.7 Å². The molecule has 1 aromatic heterocycles. The van der Waals surface area contributed by atoms with E-state index in [1.54, 1.807) is 6.07 Å². The van der Waals surface area contributed by atoms with E-state index in [2.05, 4.69) is 20.6 Å². The lowest BCUT2D eigenvalue weighted by atomic mass is 10.2. The summed E-state index contributed by atoms with van der Waals surface area (Å²) in [6, 6.07) is 4.17. The molecule has 0 aliphatic rings. The van der Waals surface area contributed by atoms with Gasteiger partial charge in [-0.25, -0.2) is 14.4 Å². The zero-order chi connectivity index (χ0) is 13.8. The molecule has 0 atom stereocenters. The number of benzene rings is 1. The maximum atomic E-state index is 13.0. The summed E-state index contributed by atoms with van der Waals surface area (Å²) in [6.07, 6.45) is 1.46. The molecule has 0 unspecified atom stereocenters. The predicted octanol–water partition coefficient (Wildman–Crippen LogP) is 3.75. The van der Waals surface area contributed by atoms with Crippen LogP contribution in [0.5, 0.6) is 0 Å². The fraction of sp³-hybridized carbons (Fsp3) is 0.231. The molecular formula is C13H14ClFN4. The molecule has 0 radical (unpaired) electrons. The largest absolute Gasteiger partial charge is 0.370 e. The monoisotopic (exact) mass is 280 g/mol. The van der Waals surface area contributed by atoms with Gasteiger partial charge in [-0.2, -0.15) is 0 Å². The summed E-state index contributed by atoms with van der Waals surface area (Å²) in [5, 5.41) is 6.53. The fourth-order valence-corrected chi connectivity index (χ4v) is 1.85. The summed E-state index contributed by atoms with van der Waals surface area (Å²) in [5.74, 6) is 1.03. The van der Waals surface area contributed by atoms with Gasteiger partial charge in [0.15, 0.2) is 0 Å². The highest BCUT2D eigenvalue weighted by Crippen LogP contribution is 2.28. The van der Waals surface area contributed by atoms with Crippen LogP contribution in [-0.4, -0.2) is 16.5 Å². The molecule has 0 bridgehead atoms. The van der Waals surface area contributed by atoms with Crippen LogP contribution in [0.4, 0.5) is 21.7 Å². The van der Waals surface area contributed by atoms with Gasteiger partial charge in [-0.3, -0.25) is 0 Å². The minimum Gasteiger partial charge on any atom is -0.370 e. The third kappa shape index (κ3) is 3.12. The Hall–Kier alpha value is -1.88. The van der Waals surface area contributed by atoms with Crippen LogP contribution in [0.2, 0.25) is 5.02 Å². The second-order valence-electron chi connectivity index (χ2n) is 3.98. The average molecular weight is 281 g/mol. The predicted molar refractivity (Wildman–Crippen MR) is 75.6 cm³/mol. The van der Waals surface area contributed by atoms with E-state index in [9.17, 15) is 4.39 Å². The third-order valence-corrected chi connectivity index (χ3v) is 2.93. The van der Waals surface area contributed by atoms with Gasteiger partial charge in [0.1, 0.15) is 23.8 Å². The Morgan fingerprint density at radius 3 is 2.68 bits per heavy atom. The van der Waals surface area contributed by atoms with Crippen LogP contribution < -0.4 is 10.6 Å². The molecule has 0 saturated carbocycles. The lowest BCUT2D eigenvalue weighted by Crippen LogP contribution is -2.05. The van der Waals surface area contributed by atoms with Crippen LogP contribution in [-0.2, 0) is 0 Å². The zero-order valence-electron chi connectivity index (χ0n) is 10.7. The standard InChI is InChI=1S/C13H14ClFN4/c1-3-16-12-8(2)13(18-7-17-12)19-11-5-4-9(15)6-10(11)14/h4-7H,3H2,1-2H3,(H2,16,17,18,19). The summed E-state index contributed by atoms with van der Waals surface area (Å²) < 4.78 is 13.0. The van der Waals surface area contributed by atoms with Crippen LogP contribution in [0.3, 0.4) is 0 Å². The first-order chi connectivity index (χ1) is 9.11. The number of aromatic nitrogens is 2. The number of nitrogens with zero attached hydrogens (tertiary/aromatic N) is 2. The lowest BCUT2D eigenvalue weighted by molar-refractivity contribution is 0.628. The summed E-state index contributed by atoms with van der Waals surface area (Å²) in [6.45, 7) is 4.66. The number of hydrogen-bond donors (Lipinski definition) is 2. The van der Waals surface area contributed by atoms with E-state index in [0.717, 1.165) is 17.9 Å². The van der Waals surface area contributed by atoms with Crippen molar-refractivity contribution in [2.45, 2.75) is 13.8 Å². The number of rotatable bonds is 4. The number of halogens is 2. The van der Waals surface area contributed by atoms with Gasteiger partial charge in [-0.1, -0.05) is 11.6 Å². The van der Waals surface area contributed by atoms with Crippen molar-refractivity contribution in [1.82, 2.24) is 9.97 Å². The molecule has 0 spiro atoms. The van der Waals surface area contributed by atoms with Crippen molar-refractivity contribution in [2.24, 2.45) is 0 Å². The number of nitrogens with one attached hydrogen (secondary N) is 2. The van der Waals surface area contributed by atoms with E-state index in [4.69, 9.17) is 11.6 Å². The van der Waals surface area contributed by atoms with Crippen molar-refractivity contribution in [2.75, 3.05) is 17.2 Å². The van der Waals surface area contributed by atoms with E-state index in [1.165, 1.54) is 18.5 Å². The zero-order valence-corrected chi connectivity index (χ0v) is 11.4. The molecule has 2 N–H and O–H groups in total. The first-order valence-corrected chi connectivity index (χ1v) is 6.27. The molecule has 100 valence electrons. The molecule has 0 aliphatic carbocycles. The Labute approximate surface area is 116 Å². The molecule has 6 heteroatoms. The Balaban J connectivity index is 2.30. The first-order valence-electron chi connectivity index (χ1n) is 5.89. The highest BCUT2D eigenvalue weighted by molar-refractivity contribution is 6.33. The summed E-state index contributed by atoms with van der Waals surface area (Å²) >= 11 is 5.97. The molecule has 4 nitrogen and oxygen atoms in total. The molecule has 19 heavy (non-hydrogen) atoms. The highest BCUT2D eigenvalue weighted by atomic mass is 35.5. The molecule has 1 aromatic carbocycles. The molecular weight excluding hydrogens is 267 g/mol. The Kier molecular flexibility index (Phi) is 4.16. The van der Waals surface area contributed by atoms with Gasteiger partial charge < -0.3 is 10.6 Å². The third-order valence-electron chi connectivity index (χ3n) is 2.61. The highest BCUT2D eigenvalue weighted by Gasteiger charge is 2.08. The molecule has 0 fully saturated rings. The van der Waals surface area contributed by atoms with Crippen LogP contribution in [0, 0.1) is 12.7 Å². The van der Waals surface area contributed by atoms with Crippen LogP contribution >= 0.6 is 11.6 Å². The van der Waals surface area contributed by atoms with Gasteiger partial charge in [-0.05, 0) is 32.0 Å². The van der Waals surface area contributed by atoms with E-state index in [-0.39, 0.29) is 5.82 Å². The van der Waals surface area contributed by atoms with Crippen molar-refractivity contribution < 1.29 is 4.39 Å². The molecule has 2 aromatic rings. The SMILES string of the molecule is CCNc1ncnc(Nc2ccc(F)cc2Cl)c1C. The Bertz CT molecular complexity index is 589. The second-order valence-corrected chi connectivity index (χ2v) is 4.38. The minimum atomic E-state index is -0.372. The number of hydrogen-bond acceptors (Lipinski definition) is 4. The molecule has 1 heterocycles. The van der Waals surface area contributed by atoms with Crippen molar-refractivity contribution in [1.29, 1.82) is 0 Å². The topological polar surface area (TPSA) is 49.8 Å². The second kappa shape index (κ2) is 5.84. The van der Waals surface area contributed by atoms with Gasteiger partial charge >= 0.3 is 0 Å². The van der Waals surface area contributed by atoms with Crippen molar-refractivity contribution >= 4 is 28.9 Å². The maximum absolute atomic E-state index is 13.0. The molecule has 0 saturated heterocycles. The van der Waals surface area contributed by atoms with Gasteiger partial charge in [-0.15, -0.1) is 0 Å². The normalized spacial score (nSPS) is 10.3.